The minimum absolute atomic E-state index is 0.182. The van der Waals surface area contributed by atoms with Crippen LogP contribution in [0.3, 0.4) is 0 Å². The molecule has 1 saturated carbocycles. The van der Waals surface area contributed by atoms with E-state index < -0.39 is 5.54 Å². The number of halogens is 1. The molecule has 1 aliphatic carbocycles. The molecule has 1 aliphatic rings. The van der Waals surface area contributed by atoms with Crippen molar-refractivity contribution < 1.29 is 13.9 Å². The summed E-state index contributed by atoms with van der Waals surface area (Å²) in [6.45, 7) is 2.87. The van der Waals surface area contributed by atoms with E-state index in [1.54, 1.807) is 23.9 Å². The molecule has 0 bridgehead atoms. The summed E-state index contributed by atoms with van der Waals surface area (Å²) in [6, 6.07) is 6.61. The Morgan fingerprint density at radius 1 is 1.57 bits per heavy atom. The Hall–Kier alpha value is -1.07. The Kier molecular flexibility index (Phi) is 5.65. The van der Waals surface area contributed by atoms with Gasteiger partial charge in [-0.05, 0) is 50.4 Å². The molecule has 2 rings (SSSR count). The summed E-state index contributed by atoms with van der Waals surface area (Å²) in [5.74, 6) is -0.403. The molecular formula is C16H22FNO2S. The molecule has 0 spiro atoms. The lowest BCUT2D eigenvalue weighted by Crippen LogP contribution is -2.51. The number of carbonyl (C=O) groups excluding carboxylic acids is 1. The number of thioether (sulfide) groups is 1. The van der Waals surface area contributed by atoms with Gasteiger partial charge >= 0.3 is 5.97 Å². The fourth-order valence-electron chi connectivity index (χ4n) is 2.81. The van der Waals surface area contributed by atoms with Crippen molar-refractivity contribution in [1.29, 1.82) is 0 Å². The van der Waals surface area contributed by atoms with Crippen LogP contribution < -0.4 is 5.32 Å². The average Bonchev–Trinajstić information content (AvgIpc) is 2.88. The quantitative estimate of drug-likeness (QED) is 0.817. The molecule has 0 aromatic heterocycles. The van der Waals surface area contributed by atoms with Crippen molar-refractivity contribution >= 4 is 17.7 Å². The molecule has 2 atom stereocenters. The number of benzene rings is 1. The van der Waals surface area contributed by atoms with E-state index in [2.05, 4.69) is 12.2 Å². The van der Waals surface area contributed by atoms with Crippen molar-refractivity contribution in [3.8, 4) is 0 Å². The van der Waals surface area contributed by atoms with Crippen LogP contribution in [0.25, 0.3) is 0 Å². The third-order valence-electron chi connectivity index (χ3n) is 3.86. The zero-order valence-corrected chi connectivity index (χ0v) is 13.3. The van der Waals surface area contributed by atoms with Crippen LogP contribution in [0.2, 0.25) is 0 Å². The highest BCUT2D eigenvalue weighted by molar-refractivity contribution is 8.00. The number of carbonyl (C=O) groups is 1. The van der Waals surface area contributed by atoms with E-state index in [1.807, 2.05) is 6.07 Å². The first-order chi connectivity index (χ1) is 10.1. The third kappa shape index (κ3) is 3.98. The molecule has 0 amide bonds. The Morgan fingerprint density at radius 2 is 2.38 bits per heavy atom. The Balaban J connectivity index is 2.03. The van der Waals surface area contributed by atoms with E-state index >= 15 is 0 Å². The second-order valence-electron chi connectivity index (χ2n) is 5.44. The first-order valence-electron chi connectivity index (χ1n) is 7.35. The molecule has 1 fully saturated rings. The summed E-state index contributed by atoms with van der Waals surface area (Å²) in [6.07, 6.45) is 3.39. The Morgan fingerprint density at radius 3 is 3.05 bits per heavy atom. The van der Waals surface area contributed by atoms with Gasteiger partial charge in [-0.1, -0.05) is 13.0 Å². The SMILES string of the molecule is CCCNC1(C(=O)OC)CCC(Sc2cccc(F)c2)C1. The molecule has 0 heterocycles. The lowest BCUT2D eigenvalue weighted by atomic mass is 9.97. The van der Waals surface area contributed by atoms with Crippen LogP contribution in [0.5, 0.6) is 0 Å². The molecule has 0 aliphatic heterocycles. The van der Waals surface area contributed by atoms with Crippen LogP contribution in [0.1, 0.15) is 32.6 Å². The molecule has 2 unspecified atom stereocenters. The van der Waals surface area contributed by atoms with Crippen LogP contribution in [0, 0.1) is 5.82 Å². The smallest absolute Gasteiger partial charge is 0.326 e. The fourth-order valence-corrected chi connectivity index (χ4v) is 4.14. The zero-order chi connectivity index (χ0) is 15.3. The number of rotatable bonds is 6. The minimum Gasteiger partial charge on any atom is -0.468 e. The average molecular weight is 311 g/mol. The summed E-state index contributed by atoms with van der Waals surface area (Å²) in [5.41, 5.74) is -0.574. The van der Waals surface area contributed by atoms with Gasteiger partial charge in [0.05, 0.1) is 7.11 Å². The summed E-state index contributed by atoms with van der Waals surface area (Å²) in [5, 5.41) is 3.66. The summed E-state index contributed by atoms with van der Waals surface area (Å²) < 4.78 is 18.2. The van der Waals surface area contributed by atoms with Crippen LogP contribution >= 0.6 is 11.8 Å². The van der Waals surface area contributed by atoms with Crippen molar-refractivity contribution in [2.24, 2.45) is 0 Å². The van der Waals surface area contributed by atoms with E-state index in [0.717, 1.165) is 37.1 Å². The second-order valence-corrected chi connectivity index (χ2v) is 6.81. The maximum atomic E-state index is 13.2. The van der Waals surface area contributed by atoms with Gasteiger partial charge in [0.1, 0.15) is 11.4 Å². The van der Waals surface area contributed by atoms with E-state index in [4.69, 9.17) is 4.74 Å². The number of hydrogen-bond donors (Lipinski definition) is 1. The van der Waals surface area contributed by atoms with Crippen molar-refractivity contribution in [2.75, 3.05) is 13.7 Å². The van der Waals surface area contributed by atoms with E-state index in [1.165, 1.54) is 13.2 Å². The number of ether oxygens (including phenoxy) is 1. The van der Waals surface area contributed by atoms with Crippen molar-refractivity contribution in [3.63, 3.8) is 0 Å². The summed E-state index contributed by atoms with van der Waals surface area (Å²) >= 11 is 1.64. The number of methoxy groups -OCH3 is 1. The maximum Gasteiger partial charge on any atom is 0.326 e. The molecule has 1 aromatic carbocycles. The summed E-state index contributed by atoms with van der Waals surface area (Å²) in [4.78, 5) is 13.1. The Labute approximate surface area is 129 Å². The molecule has 116 valence electrons. The fraction of sp³-hybridized carbons (Fsp3) is 0.562. The van der Waals surface area contributed by atoms with Gasteiger partial charge in [0.2, 0.25) is 0 Å². The largest absolute Gasteiger partial charge is 0.468 e. The normalized spacial score (nSPS) is 25.0. The topological polar surface area (TPSA) is 38.3 Å². The first-order valence-corrected chi connectivity index (χ1v) is 8.23. The lowest BCUT2D eigenvalue weighted by Gasteiger charge is -2.27. The highest BCUT2D eigenvalue weighted by Gasteiger charge is 2.46. The molecule has 21 heavy (non-hydrogen) atoms. The van der Waals surface area contributed by atoms with Gasteiger partial charge in [0, 0.05) is 10.1 Å². The monoisotopic (exact) mass is 311 g/mol. The van der Waals surface area contributed by atoms with Gasteiger partial charge in [-0.3, -0.25) is 4.79 Å². The number of hydrogen-bond acceptors (Lipinski definition) is 4. The predicted octanol–water partition coefficient (Wildman–Crippen LogP) is 3.38. The van der Waals surface area contributed by atoms with Crippen LogP contribution in [-0.4, -0.2) is 30.4 Å². The molecule has 5 heteroatoms. The highest BCUT2D eigenvalue weighted by Crippen LogP contribution is 2.41. The van der Waals surface area contributed by atoms with Gasteiger partial charge in [-0.2, -0.15) is 0 Å². The van der Waals surface area contributed by atoms with Gasteiger partial charge in [-0.15, -0.1) is 11.8 Å². The lowest BCUT2D eigenvalue weighted by molar-refractivity contribution is -0.148. The van der Waals surface area contributed by atoms with Crippen LogP contribution in [0.15, 0.2) is 29.2 Å². The third-order valence-corrected chi connectivity index (χ3v) is 5.12. The Bertz CT molecular complexity index is 497. The van der Waals surface area contributed by atoms with Crippen LogP contribution in [0.4, 0.5) is 4.39 Å². The second kappa shape index (κ2) is 7.27. The van der Waals surface area contributed by atoms with Crippen molar-refractivity contribution in [1.82, 2.24) is 5.32 Å². The number of nitrogens with one attached hydrogen (secondary N) is 1. The van der Waals surface area contributed by atoms with E-state index in [9.17, 15) is 9.18 Å². The van der Waals surface area contributed by atoms with Crippen molar-refractivity contribution in [2.45, 2.75) is 48.3 Å². The standard InChI is InChI=1S/C16H22FNO2S/c1-3-9-18-16(15(19)20-2)8-7-14(11-16)21-13-6-4-5-12(17)10-13/h4-6,10,14,18H,3,7-9,11H2,1-2H3. The molecule has 0 saturated heterocycles. The van der Waals surface area contributed by atoms with Gasteiger partial charge in [-0.25, -0.2) is 4.39 Å². The van der Waals surface area contributed by atoms with Gasteiger partial charge < -0.3 is 10.1 Å². The number of esters is 1. The van der Waals surface area contributed by atoms with E-state index in [-0.39, 0.29) is 11.8 Å². The summed E-state index contributed by atoms with van der Waals surface area (Å²) in [7, 11) is 1.44. The molecule has 1 aromatic rings. The van der Waals surface area contributed by atoms with Crippen molar-refractivity contribution in [3.05, 3.63) is 30.1 Å². The van der Waals surface area contributed by atoms with Crippen LogP contribution in [-0.2, 0) is 9.53 Å². The highest BCUT2D eigenvalue weighted by atomic mass is 32.2. The van der Waals surface area contributed by atoms with Gasteiger partial charge in [0.25, 0.3) is 0 Å². The molecule has 1 N–H and O–H groups in total. The van der Waals surface area contributed by atoms with Gasteiger partial charge in [0.15, 0.2) is 0 Å². The minimum atomic E-state index is -0.574. The van der Waals surface area contributed by atoms with E-state index in [0.29, 0.717) is 5.25 Å². The zero-order valence-electron chi connectivity index (χ0n) is 12.5. The molecule has 3 nitrogen and oxygen atoms in total. The maximum absolute atomic E-state index is 13.2. The first kappa shape index (κ1) is 16.3. The molecule has 0 radical (unpaired) electrons. The molecular weight excluding hydrogens is 289 g/mol. The predicted molar refractivity (Wildman–Crippen MR) is 82.9 cm³/mol.